The number of halogens is 1. The number of methoxy groups -OCH3 is 1. The van der Waals surface area contributed by atoms with Gasteiger partial charge in [0.2, 0.25) is 10.0 Å². The highest BCUT2D eigenvalue weighted by molar-refractivity contribution is 7.89. The van der Waals surface area contributed by atoms with E-state index in [0.717, 1.165) is 12.8 Å². The number of aromatic nitrogens is 1. The van der Waals surface area contributed by atoms with Crippen LogP contribution in [0.1, 0.15) is 12.8 Å². The molecule has 2 N–H and O–H groups in total. The molecule has 0 aliphatic carbocycles. The second kappa shape index (κ2) is 6.56. The largest absolute Gasteiger partial charge is 0.383 e. The molecule has 0 spiro atoms. The van der Waals surface area contributed by atoms with Gasteiger partial charge in [-0.2, -0.15) is 0 Å². The molecule has 0 amide bonds. The molecule has 2 heterocycles. The molecule has 1 aliphatic heterocycles. The predicted molar refractivity (Wildman–Crippen MR) is 83.2 cm³/mol. The van der Waals surface area contributed by atoms with Crippen molar-refractivity contribution in [3.8, 4) is 0 Å². The van der Waals surface area contributed by atoms with E-state index in [4.69, 9.17) is 9.47 Å². The number of aromatic amines is 1. The Kier molecular flexibility index (Phi) is 4.67. The predicted octanol–water partition coefficient (Wildman–Crippen LogP) is 1.78. The fourth-order valence-corrected chi connectivity index (χ4v) is 4.34. The third-order valence-electron chi connectivity index (χ3n) is 3.97. The summed E-state index contributed by atoms with van der Waals surface area (Å²) in [6.07, 6.45) is 2.71. The standard InChI is InChI=1S/C15H19FN2O4S/c1-21-9-12(13-6-3-7-22-13)18-23(19,20)14-8-17-11-5-2-4-10(16)15(11)14/h2,4-5,8,12-13,17-18H,3,6-7,9H2,1H3/t12-,13+/m0/s1. The summed E-state index contributed by atoms with van der Waals surface area (Å²) < 4.78 is 52.7. The van der Waals surface area contributed by atoms with Crippen molar-refractivity contribution in [2.75, 3.05) is 20.3 Å². The molecule has 1 fully saturated rings. The van der Waals surface area contributed by atoms with Crippen LogP contribution in [-0.2, 0) is 19.5 Å². The van der Waals surface area contributed by atoms with Crippen molar-refractivity contribution >= 4 is 20.9 Å². The van der Waals surface area contributed by atoms with Crippen molar-refractivity contribution < 1.29 is 22.3 Å². The third kappa shape index (κ3) is 3.25. The highest BCUT2D eigenvalue weighted by Gasteiger charge is 2.31. The van der Waals surface area contributed by atoms with Gasteiger partial charge in [0, 0.05) is 25.4 Å². The lowest BCUT2D eigenvalue weighted by Crippen LogP contribution is -2.45. The Bertz CT molecular complexity index is 784. The molecule has 8 heteroatoms. The molecule has 1 aromatic carbocycles. The first-order valence-electron chi connectivity index (χ1n) is 7.41. The second-order valence-corrected chi connectivity index (χ2v) is 7.23. The normalized spacial score (nSPS) is 20.2. The number of ether oxygens (including phenoxy) is 2. The van der Waals surface area contributed by atoms with Crippen LogP contribution in [0, 0.1) is 5.82 Å². The number of fused-ring (bicyclic) bond motifs is 1. The van der Waals surface area contributed by atoms with Crippen molar-refractivity contribution in [1.82, 2.24) is 9.71 Å². The van der Waals surface area contributed by atoms with E-state index in [1.54, 1.807) is 6.07 Å². The molecule has 1 aromatic heterocycles. The first kappa shape index (κ1) is 16.4. The van der Waals surface area contributed by atoms with Gasteiger partial charge in [-0.25, -0.2) is 17.5 Å². The van der Waals surface area contributed by atoms with Crippen LogP contribution in [0.3, 0.4) is 0 Å². The van der Waals surface area contributed by atoms with Crippen molar-refractivity contribution in [2.45, 2.75) is 29.9 Å². The molecule has 1 saturated heterocycles. The summed E-state index contributed by atoms with van der Waals surface area (Å²) in [5.74, 6) is -0.579. The van der Waals surface area contributed by atoms with Crippen LogP contribution in [0.25, 0.3) is 10.9 Å². The van der Waals surface area contributed by atoms with Gasteiger partial charge in [0.25, 0.3) is 0 Å². The van der Waals surface area contributed by atoms with Crippen molar-refractivity contribution in [2.24, 2.45) is 0 Å². The Morgan fingerprint density at radius 2 is 2.35 bits per heavy atom. The molecule has 0 saturated carbocycles. The van der Waals surface area contributed by atoms with Gasteiger partial charge in [0.1, 0.15) is 10.7 Å². The van der Waals surface area contributed by atoms with Crippen LogP contribution in [0.5, 0.6) is 0 Å². The quantitative estimate of drug-likeness (QED) is 0.839. The van der Waals surface area contributed by atoms with Crippen LogP contribution in [-0.4, -0.2) is 45.9 Å². The molecule has 2 aromatic rings. The van der Waals surface area contributed by atoms with Crippen molar-refractivity contribution in [3.63, 3.8) is 0 Å². The molecule has 6 nitrogen and oxygen atoms in total. The summed E-state index contributed by atoms with van der Waals surface area (Å²) in [6.45, 7) is 0.795. The molecule has 0 unspecified atom stereocenters. The van der Waals surface area contributed by atoms with Gasteiger partial charge in [0.05, 0.1) is 24.1 Å². The topological polar surface area (TPSA) is 80.4 Å². The zero-order valence-corrected chi connectivity index (χ0v) is 13.5. The monoisotopic (exact) mass is 342 g/mol. The van der Waals surface area contributed by atoms with Crippen LogP contribution < -0.4 is 4.72 Å². The fourth-order valence-electron chi connectivity index (χ4n) is 2.90. The molecule has 3 rings (SSSR count). The van der Waals surface area contributed by atoms with E-state index in [-0.39, 0.29) is 23.0 Å². The first-order chi connectivity index (χ1) is 11.0. The minimum Gasteiger partial charge on any atom is -0.383 e. The molecule has 1 aliphatic rings. The maximum Gasteiger partial charge on any atom is 0.243 e. The van der Waals surface area contributed by atoms with E-state index >= 15 is 0 Å². The van der Waals surface area contributed by atoms with Gasteiger partial charge in [-0.05, 0) is 25.0 Å². The average Bonchev–Trinajstić information content (AvgIpc) is 3.17. The van der Waals surface area contributed by atoms with E-state index in [9.17, 15) is 12.8 Å². The summed E-state index contributed by atoms with van der Waals surface area (Å²) in [5, 5.41) is 0.0588. The minimum absolute atomic E-state index is 0.0588. The number of hydrogen-bond donors (Lipinski definition) is 2. The summed E-state index contributed by atoms with van der Waals surface area (Å²) >= 11 is 0. The Labute approximate surface area is 134 Å². The van der Waals surface area contributed by atoms with E-state index in [0.29, 0.717) is 12.1 Å². The molecular formula is C15H19FN2O4S. The summed E-state index contributed by atoms with van der Waals surface area (Å²) in [5.41, 5.74) is 0.436. The van der Waals surface area contributed by atoms with Gasteiger partial charge < -0.3 is 14.5 Å². The van der Waals surface area contributed by atoms with Crippen molar-refractivity contribution in [3.05, 3.63) is 30.2 Å². The maximum absolute atomic E-state index is 14.0. The maximum atomic E-state index is 14.0. The van der Waals surface area contributed by atoms with Crippen molar-refractivity contribution in [1.29, 1.82) is 0 Å². The first-order valence-corrected chi connectivity index (χ1v) is 8.89. The Balaban J connectivity index is 1.93. The summed E-state index contributed by atoms with van der Waals surface area (Å²) in [6, 6.07) is 3.88. The molecule has 2 atom stereocenters. The fraction of sp³-hybridized carbons (Fsp3) is 0.467. The van der Waals surface area contributed by atoms with Crippen LogP contribution in [0.4, 0.5) is 4.39 Å². The number of rotatable bonds is 6. The second-order valence-electron chi connectivity index (χ2n) is 5.55. The Hall–Kier alpha value is -1.48. The molecule has 0 bridgehead atoms. The SMILES string of the molecule is COC[C@H](NS(=O)(=O)c1c[nH]c2cccc(F)c12)[C@H]1CCCO1. The number of benzene rings is 1. The van der Waals surface area contributed by atoms with E-state index in [1.165, 1.54) is 25.4 Å². The molecular weight excluding hydrogens is 323 g/mol. The zero-order chi connectivity index (χ0) is 16.4. The van der Waals surface area contributed by atoms with E-state index in [2.05, 4.69) is 9.71 Å². The number of sulfonamides is 1. The van der Waals surface area contributed by atoms with Gasteiger partial charge in [-0.3, -0.25) is 0 Å². The lowest BCUT2D eigenvalue weighted by molar-refractivity contribution is 0.0515. The van der Waals surface area contributed by atoms with Gasteiger partial charge in [0.15, 0.2) is 0 Å². The lowest BCUT2D eigenvalue weighted by atomic mass is 10.1. The Morgan fingerprint density at radius 3 is 3.04 bits per heavy atom. The highest BCUT2D eigenvalue weighted by atomic mass is 32.2. The van der Waals surface area contributed by atoms with Gasteiger partial charge in [-0.15, -0.1) is 0 Å². The molecule has 0 radical (unpaired) electrons. The smallest absolute Gasteiger partial charge is 0.243 e. The van der Waals surface area contributed by atoms with Gasteiger partial charge >= 0.3 is 0 Å². The van der Waals surface area contributed by atoms with E-state index in [1.807, 2.05) is 0 Å². The molecule has 126 valence electrons. The van der Waals surface area contributed by atoms with Crippen LogP contribution in [0.15, 0.2) is 29.3 Å². The minimum atomic E-state index is -3.91. The van der Waals surface area contributed by atoms with Gasteiger partial charge in [-0.1, -0.05) is 6.07 Å². The summed E-state index contributed by atoms with van der Waals surface area (Å²) in [4.78, 5) is 2.68. The van der Waals surface area contributed by atoms with Crippen LogP contribution >= 0.6 is 0 Å². The average molecular weight is 342 g/mol. The zero-order valence-electron chi connectivity index (χ0n) is 12.7. The van der Waals surface area contributed by atoms with Crippen LogP contribution in [0.2, 0.25) is 0 Å². The summed E-state index contributed by atoms with van der Waals surface area (Å²) in [7, 11) is -2.40. The number of H-pyrrole nitrogens is 1. The highest BCUT2D eigenvalue weighted by Crippen LogP contribution is 2.26. The van der Waals surface area contributed by atoms with E-state index < -0.39 is 21.9 Å². The molecule has 23 heavy (non-hydrogen) atoms. The number of nitrogens with one attached hydrogen (secondary N) is 2. The number of hydrogen-bond acceptors (Lipinski definition) is 4. The third-order valence-corrected chi connectivity index (χ3v) is 5.49. The Morgan fingerprint density at radius 1 is 1.52 bits per heavy atom. The lowest BCUT2D eigenvalue weighted by Gasteiger charge is -2.23.